The Hall–Kier alpha value is -1.07. The van der Waals surface area contributed by atoms with E-state index in [1.54, 1.807) is 19.2 Å². The van der Waals surface area contributed by atoms with Gasteiger partial charge in [0.05, 0.1) is 18.2 Å². The van der Waals surface area contributed by atoms with Crippen LogP contribution in [0.1, 0.15) is 29.6 Å². The number of carbonyl (C=O) groups excluding carboxylic acids is 1. The van der Waals surface area contributed by atoms with Gasteiger partial charge >= 0.3 is 0 Å². The summed E-state index contributed by atoms with van der Waals surface area (Å²) in [4.78, 5) is 11.9. The van der Waals surface area contributed by atoms with Crippen LogP contribution >= 0.6 is 15.9 Å². The van der Waals surface area contributed by atoms with Crippen molar-refractivity contribution in [2.24, 2.45) is 11.7 Å². The number of hydrogen-bond acceptors (Lipinski definition) is 4. The largest absolute Gasteiger partial charge is 0.493 e. The van der Waals surface area contributed by atoms with Crippen molar-refractivity contribution < 1.29 is 14.3 Å². The summed E-state index contributed by atoms with van der Waals surface area (Å²) in [6.45, 7) is 1.05. The van der Waals surface area contributed by atoms with E-state index in [1.165, 1.54) is 12.8 Å². The highest BCUT2D eigenvalue weighted by molar-refractivity contribution is 9.10. The van der Waals surface area contributed by atoms with Crippen molar-refractivity contribution >= 4 is 21.7 Å². The first-order chi connectivity index (χ1) is 9.15. The van der Waals surface area contributed by atoms with Crippen LogP contribution in [0.3, 0.4) is 0 Å². The lowest BCUT2D eigenvalue weighted by molar-refractivity contribution is 0.0985. The summed E-state index contributed by atoms with van der Waals surface area (Å²) in [5.41, 5.74) is 6.00. The second kappa shape index (κ2) is 6.39. The Morgan fingerprint density at radius 3 is 2.79 bits per heavy atom. The van der Waals surface area contributed by atoms with E-state index in [9.17, 15) is 4.79 Å². The molecule has 1 fully saturated rings. The van der Waals surface area contributed by atoms with Crippen molar-refractivity contribution in [1.29, 1.82) is 0 Å². The fourth-order valence-electron chi connectivity index (χ4n) is 1.78. The molecular weight excluding hydrogens is 310 g/mol. The SMILES string of the molecule is COc1cc(C(=O)CCN)cc(Br)c1OCC1CC1. The minimum absolute atomic E-state index is 0.00948. The normalized spacial score (nSPS) is 14.3. The van der Waals surface area contributed by atoms with Crippen molar-refractivity contribution in [3.63, 3.8) is 0 Å². The van der Waals surface area contributed by atoms with Crippen LogP contribution in [0.4, 0.5) is 0 Å². The number of hydrogen-bond donors (Lipinski definition) is 1. The molecule has 0 aromatic heterocycles. The molecule has 0 heterocycles. The lowest BCUT2D eigenvalue weighted by Gasteiger charge is -2.13. The maximum absolute atomic E-state index is 11.9. The molecular formula is C14H18BrNO3. The zero-order chi connectivity index (χ0) is 13.8. The Bertz CT molecular complexity index is 472. The quantitative estimate of drug-likeness (QED) is 0.782. The van der Waals surface area contributed by atoms with Crippen LogP contribution in [0.5, 0.6) is 11.5 Å². The maximum atomic E-state index is 11.9. The fourth-order valence-corrected chi connectivity index (χ4v) is 2.34. The fraction of sp³-hybridized carbons (Fsp3) is 0.500. The first-order valence-electron chi connectivity index (χ1n) is 6.39. The van der Waals surface area contributed by atoms with Gasteiger partial charge in [0.25, 0.3) is 0 Å². The predicted molar refractivity (Wildman–Crippen MR) is 76.9 cm³/mol. The van der Waals surface area contributed by atoms with Crippen LogP contribution in [0.2, 0.25) is 0 Å². The smallest absolute Gasteiger partial charge is 0.175 e. The monoisotopic (exact) mass is 327 g/mol. The van der Waals surface area contributed by atoms with Crippen molar-refractivity contribution in [2.75, 3.05) is 20.3 Å². The highest BCUT2D eigenvalue weighted by Crippen LogP contribution is 2.39. The summed E-state index contributed by atoms with van der Waals surface area (Å²) < 4.78 is 11.8. The van der Waals surface area contributed by atoms with Crippen molar-refractivity contribution in [2.45, 2.75) is 19.3 Å². The molecule has 0 spiro atoms. The lowest BCUT2D eigenvalue weighted by atomic mass is 10.1. The molecule has 0 unspecified atom stereocenters. The molecule has 2 N–H and O–H groups in total. The summed E-state index contributed by atoms with van der Waals surface area (Å²) >= 11 is 3.44. The number of ketones is 1. The van der Waals surface area contributed by atoms with Crippen LogP contribution in [0.15, 0.2) is 16.6 Å². The maximum Gasteiger partial charge on any atom is 0.175 e. The van der Waals surface area contributed by atoms with Gasteiger partial charge in [-0.05, 0) is 53.4 Å². The van der Waals surface area contributed by atoms with Gasteiger partial charge in [0.15, 0.2) is 17.3 Å². The average Bonchev–Trinajstić information content (AvgIpc) is 3.20. The van der Waals surface area contributed by atoms with Gasteiger partial charge in [0.1, 0.15) is 0 Å². The van der Waals surface area contributed by atoms with Crippen LogP contribution in [-0.4, -0.2) is 26.0 Å². The molecule has 1 aliphatic carbocycles. The van der Waals surface area contributed by atoms with Crippen LogP contribution in [-0.2, 0) is 0 Å². The van der Waals surface area contributed by atoms with Crippen LogP contribution in [0, 0.1) is 5.92 Å². The zero-order valence-electron chi connectivity index (χ0n) is 10.9. The highest BCUT2D eigenvalue weighted by Gasteiger charge is 2.23. The molecule has 0 bridgehead atoms. The molecule has 1 aromatic carbocycles. The Kier molecular flexibility index (Phi) is 4.82. The number of ether oxygens (including phenoxy) is 2. The number of methoxy groups -OCH3 is 1. The van der Waals surface area contributed by atoms with Gasteiger partial charge in [0, 0.05) is 12.0 Å². The summed E-state index contributed by atoms with van der Waals surface area (Å²) in [7, 11) is 1.57. The third-order valence-electron chi connectivity index (χ3n) is 3.08. The standard InChI is InChI=1S/C14H18BrNO3/c1-18-13-7-10(12(17)4-5-16)6-11(15)14(13)19-8-9-2-3-9/h6-7,9H,2-5,8,16H2,1H3. The molecule has 0 amide bonds. The minimum Gasteiger partial charge on any atom is -0.493 e. The molecule has 1 saturated carbocycles. The predicted octanol–water partition coefficient (Wildman–Crippen LogP) is 2.78. The molecule has 0 aliphatic heterocycles. The van der Waals surface area contributed by atoms with Gasteiger partial charge in [-0.3, -0.25) is 4.79 Å². The van der Waals surface area contributed by atoms with E-state index in [-0.39, 0.29) is 5.78 Å². The molecule has 1 aliphatic rings. The topological polar surface area (TPSA) is 61.5 Å². The summed E-state index contributed by atoms with van der Waals surface area (Å²) in [6.07, 6.45) is 2.79. The molecule has 4 nitrogen and oxygen atoms in total. The highest BCUT2D eigenvalue weighted by atomic mass is 79.9. The molecule has 5 heteroatoms. The van der Waals surface area contributed by atoms with Crippen LogP contribution in [0.25, 0.3) is 0 Å². The van der Waals surface area contributed by atoms with E-state index in [1.807, 2.05) is 0 Å². The van der Waals surface area contributed by atoms with Crippen molar-refractivity contribution in [1.82, 2.24) is 0 Å². The molecule has 1 aromatic rings. The summed E-state index contributed by atoms with van der Waals surface area (Å²) in [5, 5.41) is 0. The first kappa shape index (κ1) is 14.3. The van der Waals surface area contributed by atoms with E-state index in [0.29, 0.717) is 42.6 Å². The van der Waals surface area contributed by atoms with Gasteiger partial charge < -0.3 is 15.2 Å². The molecule has 19 heavy (non-hydrogen) atoms. The number of rotatable bonds is 7. The van der Waals surface area contributed by atoms with E-state index in [4.69, 9.17) is 15.2 Å². The Labute approximate surface area is 121 Å². The number of halogens is 1. The second-order valence-corrected chi connectivity index (χ2v) is 5.56. The molecule has 0 radical (unpaired) electrons. The van der Waals surface area contributed by atoms with Crippen LogP contribution < -0.4 is 15.2 Å². The first-order valence-corrected chi connectivity index (χ1v) is 7.18. The van der Waals surface area contributed by atoms with Gasteiger partial charge in [-0.1, -0.05) is 0 Å². The molecule has 104 valence electrons. The number of nitrogens with two attached hydrogens (primary N) is 1. The molecule has 2 rings (SSSR count). The van der Waals surface area contributed by atoms with Gasteiger partial charge in [0.2, 0.25) is 0 Å². The number of carbonyl (C=O) groups is 1. The van der Waals surface area contributed by atoms with Crippen molar-refractivity contribution in [3.8, 4) is 11.5 Å². The van der Waals surface area contributed by atoms with E-state index >= 15 is 0 Å². The third-order valence-corrected chi connectivity index (χ3v) is 3.67. The summed E-state index contributed by atoms with van der Waals surface area (Å²) in [6, 6.07) is 3.48. The number of benzene rings is 1. The third kappa shape index (κ3) is 3.70. The molecule has 0 atom stereocenters. The summed E-state index contributed by atoms with van der Waals surface area (Å²) in [5.74, 6) is 1.92. The minimum atomic E-state index is 0.00948. The molecule has 0 saturated heterocycles. The number of Topliss-reactive ketones (excluding diaryl/α,β-unsaturated/α-hetero) is 1. The zero-order valence-corrected chi connectivity index (χ0v) is 12.5. The average molecular weight is 328 g/mol. The Morgan fingerprint density at radius 1 is 1.47 bits per heavy atom. The van der Waals surface area contributed by atoms with Crippen molar-refractivity contribution in [3.05, 3.63) is 22.2 Å². The van der Waals surface area contributed by atoms with E-state index in [2.05, 4.69) is 15.9 Å². The Balaban J connectivity index is 2.20. The lowest BCUT2D eigenvalue weighted by Crippen LogP contribution is -2.09. The van der Waals surface area contributed by atoms with E-state index < -0.39 is 0 Å². The van der Waals surface area contributed by atoms with Gasteiger partial charge in [-0.25, -0.2) is 0 Å². The second-order valence-electron chi connectivity index (χ2n) is 4.71. The van der Waals surface area contributed by atoms with Gasteiger partial charge in [-0.15, -0.1) is 0 Å². The Morgan fingerprint density at radius 2 is 2.21 bits per heavy atom. The van der Waals surface area contributed by atoms with E-state index in [0.717, 1.165) is 4.47 Å². The van der Waals surface area contributed by atoms with Gasteiger partial charge in [-0.2, -0.15) is 0 Å².